The van der Waals surface area contributed by atoms with Crippen LogP contribution in [0.25, 0.3) is 0 Å². The fraction of sp³-hybridized carbons (Fsp3) is 0.412. The first-order valence-electron chi connectivity index (χ1n) is 8.47. The summed E-state index contributed by atoms with van der Waals surface area (Å²) in [5.74, 6) is 0.777. The molecule has 130 valence electrons. The number of nitrogens with zero attached hydrogens (tertiary/aromatic N) is 5. The van der Waals surface area contributed by atoms with Crippen molar-refractivity contribution in [3.8, 4) is 0 Å². The first-order valence-corrected chi connectivity index (χ1v) is 10.3. The van der Waals surface area contributed by atoms with Gasteiger partial charge in [0.2, 0.25) is 5.16 Å². The van der Waals surface area contributed by atoms with Crippen LogP contribution in [0.15, 0.2) is 34.8 Å². The van der Waals surface area contributed by atoms with Gasteiger partial charge in [0.05, 0.1) is 11.7 Å². The first-order chi connectivity index (χ1) is 12.3. The van der Waals surface area contributed by atoms with Crippen molar-refractivity contribution in [3.05, 3.63) is 40.9 Å². The molecule has 1 saturated carbocycles. The molecule has 6 nitrogen and oxygen atoms in total. The number of hydrogen-bond donors (Lipinski definition) is 1. The summed E-state index contributed by atoms with van der Waals surface area (Å²) in [7, 11) is 0. The highest BCUT2D eigenvalue weighted by Crippen LogP contribution is 2.32. The van der Waals surface area contributed by atoms with Gasteiger partial charge in [-0.2, -0.15) is 0 Å². The van der Waals surface area contributed by atoms with Crippen molar-refractivity contribution in [2.45, 2.75) is 49.6 Å². The lowest BCUT2D eigenvalue weighted by atomic mass is 10.2. The van der Waals surface area contributed by atoms with Gasteiger partial charge in [0, 0.05) is 16.8 Å². The van der Waals surface area contributed by atoms with Crippen LogP contribution >= 0.6 is 23.1 Å². The third kappa shape index (κ3) is 3.85. The van der Waals surface area contributed by atoms with Crippen LogP contribution < -0.4 is 5.32 Å². The maximum atomic E-state index is 4.68. The number of rotatable bonds is 6. The molecule has 0 radical (unpaired) electrons. The summed E-state index contributed by atoms with van der Waals surface area (Å²) in [6.07, 6.45) is 4.91. The zero-order chi connectivity index (χ0) is 17.1. The largest absolute Gasteiger partial charge is 0.331 e. The van der Waals surface area contributed by atoms with Crippen molar-refractivity contribution in [1.29, 1.82) is 0 Å². The second-order valence-corrected chi connectivity index (χ2v) is 8.02. The van der Waals surface area contributed by atoms with E-state index in [9.17, 15) is 0 Å². The average molecular weight is 373 g/mol. The maximum absolute atomic E-state index is 4.68. The highest BCUT2D eigenvalue weighted by atomic mass is 32.2. The Kier molecular flexibility index (Phi) is 4.98. The number of tetrazole rings is 1. The van der Waals surface area contributed by atoms with E-state index in [-0.39, 0.29) is 0 Å². The molecule has 0 unspecified atom stereocenters. The number of thiazole rings is 1. The van der Waals surface area contributed by atoms with E-state index in [1.165, 1.54) is 31.2 Å². The fourth-order valence-electron chi connectivity index (χ4n) is 3.06. The summed E-state index contributed by atoms with van der Waals surface area (Å²) < 4.78 is 2.00. The Morgan fingerprint density at radius 3 is 2.96 bits per heavy atom. The number of para-hydroxylation sites is 1. The minimum Gasteiger partial charge on any atom is -0.331 e. The van der Waals surface area contributed by atoms with Crippen LogP contribution in [0.4, 0.5) is 10.8 Å². The molecular formula is C17H20N6S2. The minimum absolute atomic E-state index is 0.464. The topological polar surface area (TPSA) is 68.5 Å². The zero-order valence-corrected chi connectivity index (χ0v) is 15.7. The van der Waals surface area contributed by atoms with Gasteiger partial charge in [0.15, 0.2) is 5.13 Å². The molecule has 8 heteroatoms. The minimum atomic E-state index is 0.464. The van der Waals surface area contributed by atoms with E-state index >= 15 is 0 Å². The van der Waals surface area contributed by atoms with E-state index in [1.807, 2.05) is 16.8 Å². The van der Waals surface area contributed by atoms with E-state index in [2.05, 4.69) is 50.3 Å². The molecule has 1 aliphatic rings. The first kappa shape index (κ1) is 16.5. The normalized spacial score (nSPS) is 14.9. The SMILES string of the molecule is Cc1ccccc1Nc1nc(CSc2nnnn2C2CCCC2)cs1. The van der Waals surface area contributed by atoms with Crippen LogP contribution in [-0.4, -0.2) is 25.2 Å². The molecule has 1 N–H and O–H groups in total. The van der Waals surface area contributed by atoms with E-state index in [0.717, 1.165) is 27.4 Å². The van der Waals surface area contributed by atoms with Crippen LogP contribution in [-0.2, 0) is 5.75 Å². The van der Waals surface area contributed by atoms with Gasteiger partial charge in [0.25, 0.3) is 0 Å². The van der Waals surface area contributed by atoms with Crippen LogP contribution in [0.3, 0.4) is 0 Å². The van der Waals surface area contributed by atoms with Gasteiger partial charge in [0.1, 0.15) is 0 Å². The molecule has 0 amide bonds. The van der Waals surface area contributed by atoms with E-state index in [4.69, 9.17) is 0 Å². The second kappa shape index (κ2) is 7.53. The number of hydrogen-bond acceptors (Lipinski definition) is 7. The Morgan fingerprint density at radius 2 is 2.12 bits per heavy atom. The Bertz CT molecular complexity index is 837. The lowest BCUT2D eigenvalue weighted by molar-refractivity contribution is 0.423. The Morgan fingerprint density at radius 1 is 1.28 bits per heavy atom. The molecule has 0 saturated heterocycles. The molecule has 1 aromatic carbocycles. The molecule has 2 heterocycles. The van der Waals surface area contributed by atoms with Crippen molar-refractivity contribution in [3.63, 3.8) is 0 Å². The van der Waals surface area contributed by atoms with Crippen LogP contribution in [0.2, 0.25) is 0 Å². The van der Waals surface area contributed by atoms with Crippen molar-refractivity contribution in [2.75, 3.05) is 5.32 Å². The summed E-state index contributed by atoms with van der Waals surface area (Å²) >= 11 is 3.29. The standard InChI is InChI=1S/C17H20N6S2/c1-12-6-2-5-9-15(12)19-16-18-13(10-24-16)11-25-17-20-21-22-23(17)14-7-3-4-8-14/h2,5-6,9-10,14H,3-4,7-8,11H2,1H3,(H,18,19). The number of anilines is 2. The van der Waals surface area contributed by atoms with Crippen molar-refractivity contribution < 1.29 is 0 Å². The highest BCUT2D eigenvalue weighted by molar-refractivity contribution is 7.98. The fourth-order valence-corrected chi connectivity index (χ4v) is 4.72. The summed E-state index contributed by atoms with van der Waals surface area (Å²) in [5, 5.41) is 19.5. The molecule has 0 spiro atoms. The third-order valence-electron chi connectivity index (χ3n) is 4.42. The molecule has 0 aliphatic heterocycles. The van der Waals surface area contributed by atoms with Crippen molar-refractivity contribution in [1.82, 2.24) is 25.2 Å². The van der Waals surface area contributed by atoms with Gasteiger partial charge in [-0.1, -0.05) is 42.8 Å². The lowest BCUT2D eigenvalue weighted by Crippen LogP contribution is -2.08. The Labute approximate surface area is 155 Å². The van der Waals surface area contributed by atoms with Crippen LogP contribution in [0, 0.1) is 6.92 Å². The van der Waals surface area contributed by atoms with Gasteiger partial charge in [-0.3, -0.25) is 0 Å². The number of benzene rings is 1. The van der Waals surface area contributed by atoms with E-state index in [0.29, 0.717) is 6.04 Å². The summed E-state index contributed by atoms with van der Waals surface area (Å²) in [6.45, 7) is 2.09. The van der Waals surface area contributed by atoms with Crippen molar-refractivity contribution in [2.24, 2.45) is 0 Å². The molecule has 0 bridgehead atoms. The summed E-state index contributed by atoms with van der Waals surface area (Å²) in [6, 6.07) is 8.70. The molecule has 25 heavy (non-hydrogen) atoms. The van der Waals surface area contributed by atoms with Gasteiger partial charge < -0.3 is 5.32 Å². The monoisotopic (exact) mass is 372 g/mol. The summed E-state index contributed by atoms with van der Waals surface area (Å²) in [4.78, 5) is 4.68. The second-order valence-electron chi connectivity index (χ2n) is 6.22. The van der Waals surface area contributed by atoms with E-state index in [1.54, 1.807) is 23.1 Å². The quantitative estimate of drug-likeness (QED) is 0.638. The van der Waals surface area contributed by atoms with Crippen LogP contribution in [0.1, 0.15) is 43.0 Å². The van der Waals surface area contributed by atoms with Crippen molar-refractivity contribution >= 4 is 33.9 Å². The molecule has 0 atom stereocenters. The molecule has 1 fully saturated rings. The number of aryl methyl sites for hydroxylation is 1. The number of thioether (sulfide) groups is 1. The summed E-state index contributed by atoms with van der Waals surface area (Å²) in [5.41, 5.74) is 3.36. The third-order valence-corrected chi connectivity index (χ3v) is 6.19. The highest BCUT2D eigenvalue weighted by Gasteiger charge is 2.21. The van der Waals surface area contributed by atoms with Gasteiger partial charge in [-0.05, 0) is 41.8 Å². The smallest absolute Gasteiger partial charge is 0.209 e. The van der Waals surface area contributed by atoms with Gasteiger partial charge in [-0.15, -0.1) is 16.4 Å². The number of aromatic nitrogens is 5. The number of nitrogens with one attached hydrogen (secondary N) is 1. The predicted octanol–water partition coefficient (Wildman–Crippen LogP) is 4.59. The average Bonchev–Trinajstić information content (AvgIpc) is 3.36. The Hall–Kier alpha value is -1.93. The molecule has 2 aromatic heterocycles. The van der Waals surface area contributed by atoms with E-state index < -0.39 is 0 Å². The Balaban J connectivity index is 1.39. The zero-order valence-electron chi connectivity index (χ0n) is 14.1. The molecule has 4 rings (SSSR count). The molecular weight excluding hydrogens is 352 g/mol. The van der Waals surface area contributed by atoms with Gasteiger partial charge >= 0.3 is 0 Å². The predicted molar refractivity (Wildman–Crippen MR) is 101 cm³/mol. The maximum Gasteiger partial charge on any atom is 0.209 e. The van der Waals surface area contributed by atoms with Gasteiger partial charge in [-0.25, -0.2) is 9.67 Å². The van der Waals surface area contributed by atoms with Crippen LogP contribution in [0.5, 0.6) is 0 Å². The molecule has 3 aromatic rings. The lowest BCUT2D eigenvalue weighted by Gasteiger charge is -2.10. The molecule has 1 aliphatic carbocycles.